The minimum atomic E-state index is -0.445. The van der Waals surface area contributed by atoms with Crippen LogP contribution in [0.3, 0.4) is 0 Å². The molecule has 2 aliphatic carbocycles. The van der Waals surface area contributed by atoms with Crippen molar-refractivity contribution in [3.8, 4) is 5.75 Å². The zero-order valence-corrected chi connectivity index (χ0v) is 15.6. The number of aliphatic hydroxyl groups excluding tert-OH is 1. The maximum Gasteiger partial charge on any atom is 0.123 e. The molecule has 0 radical (unpaired) electrons. The van der Waals surface area contributed by atoms with E-state index in [0.717, 1.165) is 12.3 Å². The van der Waals surface area contributed by atoms with Crippen LogP contribution in [0.1, 0.15) is 56.9 Å². The normalized spacial score (nSPS) is 20.4. The van der Waals surface area contributed by atoms with Crippen molar-refractivity contribution in [1.29, 1.82) is 0 Å². The van der Waals surface area contributed by atoms with Crippen LogP contribution in [0.4, 0.5) is 0 Å². The van der Waals surface area contributed by atoms with Crippen molar-refractivity contribution >= 4 is 0 Å². The quantitative estimate of drug-likeness (QED) is 0.720. The second kappa shape index (κ2) is 9.56. The first-order valence-corrected chi connectivity index (χ1v) is 10.0. The SMILES string of the molecule is CN(CC(O)COc1ccccc1CNC1CCC1)C1CCCCC1. The van der Waals surface area contributed by atoms with Gasteiger partial charge in [0.05, 0.1) is 0 Å². The lowest BCUT2D eigenvalue weighted by molar-refractivity contribution is 0.0558. The molecule has 0 aromatic heterocycles. The monoisotopic (exact) mass is 346 g/mol. The lowest BCUT2D eigenvalue weighted by Crippen LogP contribution is -2.40. The Balaban J connectivity index is 1.43. The van der Waals surface area contributed by atoms with Crippen LogP contribution in [0.2, 0.25) is 0 Å². The molecule has 0 bridgehead atoms. The number of para-hydroxylation sites is 1. The molecule has 3 rings (SSSR count). The average Bonchev–Trinajstić information content (AvgIpc) is 2.60. The number of likely N-dealkylation sites (N-methyl/N-ethyl adjacent to an activating group) is 1. The van der Waals surface area contributed by atoms with Crippen molar-refractivity contribution in [3.63, 3.8) is 0 Å². The molecule has 2 aliphatic rings. The largest absolute Gasteiger partial charge is 0.491 e. The summed E-state index contributed by atoms with van der Waals surface area (Å²) in [7, 11) is 2.13. The van der Waals surface area contributed by atoms with Gasteiger partial charge in [0.1, 0.15) is 18.5 Å². The number of benzene rings is 1. The number of rotatable bonds is 9. The van der Waals surface area contributed by atoms with Crippen LogP contribution in [-0.2, 0) is 6.54 Å². The summed E-state index contributed by atoms with van der Waals surface area (Å²) in [4.78, 5) is 2.32. The minimum absolute atomic E-state index is 0.359. The molecule has 0 heterocycles. The van der Waals surface area contributed by atoms with Crippen molar-refractivity contribution in [1.82, 2.24) is 10.2 Å². The van der Waals surface area contributed by atoms with Crippen molar-refractivity contribution in [2.24, 2.45) is 0 Å². The second-order valence-corrected chi connectivity index (χ2v) is 7.81. The topological polar surface area (TPSA) is 44.7 Å². The smallest absolute Gasteiger partial charge is 0.123 e. The fraction of sp³-hybridized carbons (Fsp3) is 0.714. The highest BCUT2D eigenvalue weighted by Gasteiger charge is 2.21. The van der Waals surface area contributed by atoms with Crippen LogP contribution in [0.25, 0.3) is 0 Å². The molecule has 0 aliphatic heterocycles. The molecule has 0 spiro atoms. The molecule has 1 unspecified atom stereocenters. The van der Waals surface area contributed by atoms with E-state index in [1.54, 1.807) is 0 Å². The van der Waals surface area contributed by atoms with Gasteiger partial charge in [-0.15, -0.1) is 0 Å². The van der Waals surface area contributed by atoms with Crippen LogP contribution in [0.5, 0.6) is 5.75 Å². The van der Waals surface area contributed by atoms with E-state index in [2.05, 4.69) is 29.4 Å². The highest BCUT2D eigenvalue weighted by Crippen LogP contribution is 2.23. The molecular weight excluding hydrogens is 312 g/mol. The fourth-order valence-corrected chi connectivity index (χ4v) is 3.90. The molecule has 2 saturated carbocycles. The Morgan fingerprint density at radius 1 is 1.12 bits per heavy atom. The summed E-state index contributed by atoms with van der Waals surface area (Å²) in [5.41, 5.74) is 1.18. The van der Waals surface area contributed by atoms with Gasteiger partial charge in [-0.1, -0.05) is 43.9 Å². The highest BCUT2D eigenvalue weighted by atomic mass is 16.5. The van der Waals surface area contributed by atoms with Crippen molar-refractivity contribution < 1.29 is 9.84 Å². The summed E-state index contributed by atoms with van der Waals surface area (Å²) >= 11 is 0. The fourth-order valence-electron chi connectivity index (χ4n) is 3.90. The number of hydrogen-bond acceptors (Lipinski definition) is 4. The van der Waals surface area contributed by atoms with Crippen LogP contribution in [-0.4, -0.2) is 48.4 Å². The Hall–Kier alpha value is -1.10. The Morgan fingerprint density at radius 3 is 2.60 bits per heavy atom. The summed E-state index contributed by atoms with van der Waals surface area (Å²) in [6, 6.07) is 9.47. The summed E-state index contributed by atoms with van der Waals surface area (Å²) in [6.07, 6.45) is 10.0. The number of nitrogens with zero attached hydrogens (tertiary/aromatic N) is 1. The second-order valence-electron chi connectivity index (χ2n) is 7.81. The lowest BCUT2D eigenvalue weighted by Gasteiger charge is -2.32. The van der Waals surface area contributed by atoms with Crippen molar-refractivity contribution in [2.45, 2.75) is 76.1 Å². The first-order valence-electron chi connectivity index (χ1n) is 10.0. The third-order valence-corrected chi connectivity index (χ3v) is 5.79. The van der Waals surface area contributed by atoms with Gasteiger partial charge in [-0.05, 0) is 38.8 Å². The molecule has 25 heavy (non-hydrogen) atoms. The first kappa shape index (κ1) is 18.7. The van der Waals surface area contributed by atoms with Gasteiger partial charge in [-0.3, -0.25) is 0 Å². The van der Waals surface area contributed by atoms with E-state index in [1.165, 1.54) is 56.9 Å². The Morgan fingerprint density at radius 2 is 1.88 bits per heavy atom. The lowest BCUT2D eigenvalue weighted by atomic mass is 9.93. The van der Waals surface area contributed by atoms with E-state index in [-0.39, 0.29) is 0 Å². The molecule has 140 valence electrons. The Bertz CT molecular complexity index is 512. The summed E-state index contributed by atoms with van der Waals surface area (Å²) in [5.74, 6) is 0.897. The van der Waals surface area contributed by atoms with Crippen LogP contribution < -0.4 is 10.1 Å². The Kier molecular flexibility index (Phi) is 7.14. The van der Waals surface area contributed by atoms with E-state index in [1.807, 2.05) is 12.1 Å². The van der Waals surface area contributed by atoms with Crippen LogP contribution in [0, 0.1) is 0 Å². The molecule has 2 fully saturated rings. The van der Waals surface area contributed by atoms with Crippen molar-refractivity contribution in [2.75, 3.05) is 20.2 Å². The van der Waals surface area contributed by atoms with Crippen LogP contribution >= 0.6 is 0 Å². The number of aliphatic hydroxyl groups is 1. The van der Waals surface area contributed by atoms with Gasteiger partial charge in [-0.2, -0.15) is 0 Å². The molecule has 1 aromatic rings. The molecule has 4 heteroatoms. The van der Waals surface area contributed by atoms with Gasteiger partial charge in [-0.25, -0.2) is 0 Å². The zero-order valence-electron chi connectivity index (χ0n) is 15.6. The molecule has 1 atom stereocenters. The maximum atomic E-state index is 10.4. The Labute approximate surface area is 152 Å². The van der Waals surface area contributed by atoms with Crippen LogP contribution in [0.15, 0.2) is 24.3 Å². The van der Waals surface area contributed by atoms with E-state index < -0.39 is 6.10 Å². The van der Waals surface area contributed by atoms with E-state index in [9.17, 15) is 5.11 Å². The molecule has 2 N–H and O–H groups in total. The first-order chi connectivity index (χ1) is 12.2. The van der Waals surface area contributed by atoms with Gasteiger partial charge in [0.25, 0.3) is 0 Å². The number of ether oxygens (including phenoxy) is 1. The predicted octanol–water partition coefficient (Wildman–Crippen LogP) is 3.33. The summed E-state index contributed by atoms with van der Waals surface area (Å²) in [6.45, 7) is 1.89. The molecule has 0 saturated heterocycles. The summed E-state index contributed by atoms with van der Waals surface area (Å²) < 4.78 is 5.95. The average molecular weight is 347 g/mol. The van der Waals surface area contributed by atoms with Gasteiger partial charge >= 0.3 is 0 Å². The molecular formula is C21H34N2O2. The van der Waals surface area contributed by atoms with Gasteiger partial charge in [0, 0.05) is 30.7 Å². The van der Waals surface area contributed by atoms with E-state index in [0.29, 0.717) is 25.2 Å². The number of nitrogens with one attached hydrogen (secondary N) is 1. The zero-order chi connectivity index (χ0) is 17.5. The third kappa shape index (κ3) is 5.70. The minimum Gasteiger partial charge on any atom is -0.491 e. The molecule has 1 aromatic carbocycles. The van der Waals surface area contributed by atoms with Crippen molar-refractivity contribution in [3.05, 3.63) is 29.8 Å². The highest BCUT2D eigenvalue weighted by molar-refractivity contribution is 5.33. The van der Waals surface area contributed by atoms with E-state index >= 15 is 0 Å². The van der Waals surface area contributed by atoms with Gasteiger partial charge in [0.15, 0.2) is 0 Å². The number of hydrogen-bond donors (Lipinski definition) is 2. The van der Waals surface area contributed by atoms with E-state index in [4.69, 9.17) is 4.74 Å². The van der Waals surface area contributed by atoms with Gasteiger partial charge in [0.2, 0.25) is 0 Å². The summed E-state index contributed by atoms with van der Waals surface area (Å²) in [5, 5.41) is 14.0. The molecule has 0 amide bonds. The maximum absolute atomic E-state index is 10.4. The molecule has 4 nitrogen and oxygen atoms in total. The third-order valence-electron chi connectivity index (χ3n) is 5.79. The standard InChI is InChI=1S/C21H34N2O2/c1-23(19-11-3-2-4-12-19)15-20(24)16-25-21-13-6-5-8-17(21)14-22-18-9-7-10-18/h5-6,8,13,18-20,22,24H,2-4,7,9-12,14-16H2,1H3. The van der Waals surface area contributed by atoms with Gasteiger partial charge < -0.3 is 20.1 Å². The predicted molar refractivity (Wildman–Crippen MR) is 102 cm³/mol.